The highest BCUT2D eigenvalue weighted by Crippen LogP contribution is 2.23. The molecule has 1 saturated carbocycles. The van der Waals surface area contributed by atoms with Crippen LogP contribution < -0.4 is 5.32 Å². The molecule has 1 aromatic carbocycles. The third kappa shape index (κ3) is 3.62. The van der Waals surface area contributed by atoms with Crippen LogP contribution in [-0.2, 0) is 6.54 Å². The van der Waals surface area contributed by atoms with Crippen molar-refractivity contribution in [3.8, 4) is 11.3 Å². The van der Waals surface area contributed by atoms with Crippen LogP contribution in [0.15, 0.2) is 40.8 Å². The largest absolute Gasteiger partial charge is 0.460 e. The molecule has 1 aromatic heterocycles. The molecular formula is C16H19ClFNO. The van der Waals surface area contributed by atoms with Crippen molar-refractivity contribution in [1.29, 1.82) is 0 Å². The highest BCUT2D eigenvalue weighted by atomic mass is 35.5. The molecule has 0 amide bonds. The van der Waals surface area contributed by atoms with Gasteiger partial charge in [-0.1, -0.05) is 12.8 Å². The lowest BCUT2D eigenvalue weighted by atomic mass is 10.2. The second-order valence-electron chi connectivity index (χ2n) is 5.14. The van der Waals surface area contributed by atoms with Gasteiger partial charge in [-0.25, -0.2) is 4.39 Å². The SMILES string of the molecule is Cl.Fc1ccc(-c2ccc(CNC3CCCC3)o2)cc1. The predicted molar refractivity (Wildman–Crippen MR) is 80.4 cm³/mol. The summed E-state index contributed by atoms with van der Waals surface area (Å²) in [6, 6.07) is 11.0. The minimum absolute atomic E-state index is 0. The number of nitrogens with one attached hydrogen (secondary N) is 1. The summed E-state index contributed by atoms with van der Waals surface area (Å²) in [6.07, 6.45) is 5.20. The maximum atomic E-state index is 12.9. The number of hydrogen-bond donors (Lipinski definition) is 1. The second kappa shape index (κ2) is 6.91. The van der Waals surface area contributed by atoms with Gasteiger partial charge < -0.3 is 9.73 Å². The Morgan fingerprint density at radius 3 is 2.45 bits per heavy atom. The summed E-state index contributed by atoms with van der Waals surface area (Å²) in [5.41, 5.74) is 0.911. The van der Waals surface area contributed by atoms with E-state index in [2.05, 4.69) is 5.32 Å². The van der Waals surface area contributed by atoms with Gasteiger partial charge in [-0.15, -0.1) is 12.4 Å². The minimum Gasteiger partial charge on any atom is -0.460 e. The molecule has 3 rings (SSSR count). The van der Waals surface area contributed by atoms with E-state index in [0.29, 0.717) is 6.04 Å². The highest BCUT2D eigenvalue weighted by molar-refractivity contribution is 5.85. The third-order valence-electron chi connectivity index (χ3n) is 3.71. The predicted octanol–water partition coefficient (Wildman–Crippen LogP) is 4.54. The fourth-order valence-electron chi connectivity index (χ4n) is 2.62. The molecule has 0 saturated heterocycles. The molecule has 1 aliphatic carbocycles. The van der Waals surface area contributed by atoms with Gasteiger partial charge in [0, 0.05) is 11.6 Å². The molecule has 20 heavy (non-hydrogen) atoms. The van der Waals surface area contributed by atoms with E-state index in [9.17, 15) is 4.39 Å². The molecule has 108 valence electrons. The van der Waals surface area contributed by atoms with Crippen molar-refractivity contribution in [1.82, 2.24) is 5.32 Å². The smallest absolute Gasteiger partial charge is 0.134 e. The topological polar surface area (TPSA) is 25.2 Å². The number of halogens is 2. The first kappa shape index (κ1) is 15.1. The first-order chi connectivity index (χ1) is 9.31. The number of benzene rings is 1. The van der Waals surface area contributed by atoms with Crippen LogP contribution in [0.5, 0.6) is 0 Å². The molecule has 1 heterocycles. The molecule has 0 aliphatic heterocycles. The fraction of sp³-hybridized carbons (Fsp3) is 0.375. The van der Waals surface area contributed by atoms with Crippen molar-refractivity contribution in [2.24, 2.45) is 0 Å². The summed E-state index contributed by atoms with van der Waals surface area (Å²) >= 11 is 0. The normalized spacial score (nSPS) is 15.2. The van der Waals surface area contributed by atoms with Crippen LogP contribution in [-0.4, -0.2) is 6.04 Å². The average molecular weight is 296 g/mol. The monoisotopic (exact) mass is 295 g/mol. The molecule has 0 spiro atoms. The molecule has 2 aromatic rings. The van der Waals surface area contributed by atoms with Crippen molar-refractivity contribution < 1.29 is 8.81 Å². The Kier molecular flexibility index (Phi) is 5.21. The molecule has 0 bridgehead atoms. The Bertz CT molecular complexity index is 532. The Morgan fingerprint density at radius 2 is 1.75 bits per heavy atom. The molecule has 0 atom stereocenters. The second-order valence-corrected chi connectivity index (χ2v) is 5.14. The summed E-state index contributed by atoms with van der Waals surface area (Å²) < 4.78 is 18.6. The number of hydrogen-bond acceptors (Lipinski definition) is 2. The molecular weight excluding hydrogens is 277 g/mol. The summed E-state index contributed by atoms with van der Waals surface area (Å²) in [6.45, 7) is 0.770. The van der Waals surface area contributed by atoms with Crippen molar-refractivity contribution in [3.05, 3.63) is 48.0 Å². The van der Waals surface area contributed by atoms with Gasteiger partial charge in [0.25, 0.3) is 0 Å². The van der Waals surface area contributed by atoms with Crippen LogP contribution in [0.4, 0.5) is 4.39 Å². The molecule has 2 nitrogen and oxygen atoms in total. The zero-order chi connectivity index (χ0) is 13.1. The van der Waals surface area contributed by atoms with Gasteiger partial charge in [0.1, 0.15) is 17.3 Å². The summed E-state index contributed by atoms with van der Waals surface area (Å²) in [4.78, 5) is 0. The summed E-state index contributed by atoms with van der Waals surface area (Å²) in [5.74, 6) is 1.51. The molecule has 4 heteroatoms. The van der Waals surface area contributed by atoms with Crippen LogP contribution >= 0.6 is 12.4 Å². The average Bonchev–Trinajstić information content (AvgIpc) is 3.09. The Balaban J connectivity index is 0.00000147. The van der Waals surface area contributed by atoms with E-state index in [1.54, 1.807) is 12.1 Å². The van der Waals surface area contributed by atoms with Crippen molar-refractivity contribution in [3.63, 3.8) is 0 Å². The molecule has 0 unspecified atom stereocenters. The van der Waals surface area contributed by atoms with Gasteiger partial charge >= 0.3 is 0 Å². The maximum Gasteiger partial charge on any atom is 0.134 e. The molecule has 1 N–H and O–H groups in total. The van der Waals surface area contributed by atoms with Crippen molar-refractivity contribution in [2.45, 2.75) is 38.3 Å². The molecule has 1 fully saturated rings. The summed E-state index contributed by atoms with van der Waals surface area (Å²) in [7, 11) is 0. The van der Waals surface area contributed by atoms with Gasteiger partial charge in [-0.3, -0.25) is 0 Å². The van der Waals surface area contributed by atoms with E-state index in [1.165, 1.54) is 37.8 Å². The Morgan fingerprint density at radius 1 is 1.05 bits per heavy atom. The quantitative estimate of drug-likeness (QED) is 0.896. The van der Waals surface area contributed by atoms with Crippen LogP contribution in [0.3, 0.4) is 0 Å². The third-order valence-corrected chi connectivity index (χ3v) is 3.71. The van der Waals surface area contributed by atoms with E-state index in [1.807, 2.05) is 12.1 Å². The Hall–Kier alpha value is -1.32. The van der Waals surface area contributed by atoms with E-state index in [-0.39, 0.29) is 18.2 Å². The van der Waals surface area contributed by atoms with Crippen LogP contribution in [0.25, 0.3) is 11.3 Å². The lowest BCUT2D eigenvalue weighted by molar-refractivity contribution is 0.452. The van der Waals surface area contributed by atoms with Crippen LogP contribution in [0.1, 0.15) is 31.4 Å². The first-order valence-electron chi connectivity index (χ1n) is 6.89. The van der Waals surface area contributed by atoms with E-state index in [0.717, 1.165) is 23.6 Å². The lowest BCUT2D eigenvalue weighted by Gasteiger charge is -2.09. The van der Waals surface area contributed by atoms with E-state index in [4.69, 9.17) is 4.42 Å². The molecule has 0 radical (unpaired) electrons. The molecule has 1 aliphatic rings. The van der Waals surface area contributed by atoms with E-state index < -0.39 is 0 Å². The number of rotatable bonds is 4. The summed E-state index contributed by atoms with van der Waals surface area (Å²) in [5, 5.41) is 3.52. The zero-order valence-electron chi connectivity index (χ0n) is 11.3. The minimum atomic E-state index is -0.224. The van der Waals surface area contributed by atoms with Gasteiger partial charge in [0.05, 0.1) is 6.54 Å². The zero-order valence-corrected chi connectivity index (χ0v) is 12.1. The Labute approximate surface area is 124 Å². The fourth-order valence-corrected chi connectivity index (χ4v) is 2.62. The number of furan rings is 1. The highest BCUT2D eigenvalue weighted by Gasteiger charge is 2.14. The maximum absolute atomic E-state index is 12.9. The standard InChI is InChI=1S/C16H18FNO.ClH/c17-13-7-5-12(6-8-13)16-10-9-15(19-16)11-18-14-3-1-2-4-14;/h5-10,14,18H,1-4,11H2;1H. The lowest BCUT2D eigenvalue weighted by Crippen LogP contribution is -2.24. The van der Waals surface area contributed by atoms with Gasteiger partial charge in [-0.2, -0.15) is 0 Å². The van der Waals surface area contributed by atoms with Gasteiger partial charge in [0.2, 0.25) is 0 Å². The van der Waals surface area contributed by atoms with Crippen LogP contribution in [0.2, 0.25) is 0 Å². The van der Waals surface area contributed by atoms with Crippen LogP contribution in [0, 0.1) is 5.82 Å². The first-order valence-corrected chi connectivity index (χ1v) is 6.89. The van der Waals surface area contributed by atoms with E-state index >= 15 is 0 Å². The van der Waals surface area contributed by atoms with Crippen molar-refractivity contribution in [2.75, 3.05) is 0 Å². The van der Waals surface area contributed by atoms with Crippen molar-refractivity contribution >= 4 is 12.4 Å². The van der Waals surface area contributed by atoms with Gasteiger partial charge in [-0.05, 0) is 49.2 Å². The van der Waals surface area contributed by atoms with Gasteiger partial charge in [0.15, 0.2) is 0 Å².